The largest absolute Gasteiger partial charge is 0.378 e. The van der Waals surface area contributed by atoms with Crippen LogP contribution in [-0.4, -0.2) is 40.8 Å². The van der Waals surface area contributed by atoms with Crippen LogP contribution >= 0.6 is 11.6 Å². The maximum Gasteiger partial charge on any atom is 0.150 e. The molecule has 0 N–H and O–H groups in total. The molecule has 5 nitrogen and oxygen atoms in total. The van der Waals surface area contributed by atoms with Crippen LogP contribution in [0.4, 0.5) is 5.82 Å². The fraction of sp³-hybridized carbons (Fsp3) is 0.182. The molecule has 4 aromatic rings. The maximum atomic E-state index is 6.25. The van der Waals surface area contributed by atoms with Gasteiger partial charge in [0.05, 0.1) is 18.6 Å². The van der Waals surface area contributed by atoms with Crippen molar-refractivity contribution in [3.63, 3.8) is 0 Å². The highest BCUT2D eigenvalue weighted by Gasteiger charge is 2.22. The predicted octanol–water partition coefficient (Wildman–Crippen LogP) is 4.58. The summed E-state index contributed by atoms with van der Waals surface area (Å²) in [5.74, 6) is 0.952. The molecule has 1 aliphatic heterocycles. The Morgan fingerprint density at radius 3 is 2.54 bits per heavy atom. The van der Waals surface area contributed by atoms with Crippen molar-refractivity contribution in [1.82, 2.24) is 14.5 Å². The number of aromatic nitrogens is 3. The molecule has 140 valence electrons. The van der Waals surface area contributed by atoms with Gasteiger partial charge in [0.25, 0.3) is 0 Å². The van der Waals surface area contributed by atoms with Crippen molar-refractivity contribution < 1.29 is 4.74 Å². The lowest BCUT2D eigenvalue weighted by Crippen LogP contribution is -2.36. The summed E-state index contributed by atoms with van der Waals surface area (Å²) < 4.78 is 7.62. The molecule has 0 amide bonds. The van der Waals surface area contributed by atoms with Gasteiger partial charge in [-0.05, 0) is 23.8 Å². The highest BCUT2D eigenvalue weighted by molar-refractivity contribution is 6.30. The number of ether oxygens (including phenoxy) is 1. The predicted molar refractivity (Wildman–Crippen MR) is 112 cm³/mol. The standard InChI is InChI=1S/C22H19ClN4O/c23-17-7-4-8-18(13-17)27-14-19(16-5-2-1-3-6-16)20-21(24-15-25-22(20)27)26-9-11-28-12-10-26/h1-8,13-15H,9-12H2. The van der Waals surface area contributed by atoms with Crippen LogP contribution in [0.1, 0.15) is 0 Å². The van der Waals surface area contributed by atoms with Gasteiger partial charge in [-0.1, -0.05) is 48.0 Å². The normalized spacial score (nSPS) is 14.5. The van der Waals surface area contributed by atoms with Gasteiger partial charge in [-0.3, -0.25) is 0 Å². The third kappa shape index (κ3) is 3.03. The van der Waals surface area contributed by atoms with E-state index in [-0.39, 0.29) is 0 Å². The summed E-state index contributed by atoms with van der Waals surface area (Å²) in [5, 5.41) is 1.75. The monoisotopic (exact) mass is 390 g/mol. The van der Waals surface area contributed by atoms with Crippen molar-refractivity contribution in [3.8, 4) is 16.8 Å². The summed E-state index contributed by atoms with van der Waals surface area (Å²) >= 11 is 6.25. The van der Waals surface area contributed by atoms with Gasteiger partial charge >= 0.3 is 0 Å². The Hall–Kier alpha value is -2.89. The van der Waals surface area contributed by atoms with Gasteiger partial charge in [0.1, 0.15) is 12.1 Å². The van der Waals surface area contributed by atoms with Gasteiger partial charge in [0.15, 0.2) is 5.65 Å². The minimum absolute atomic E-state index is 0.697. The molecule has 0 spiro atoms. The van der Waals surface area contributed by atoms with Crippen LogP contribution < -0.4 is 4.90 Å². The lowest BCUT2D eigenvalue weighted by atomic mass is 10.1. The second-order valence-corrected chi connectivity index (χ2v) is 7.19. The highest BCUT2D eigenvalue weighted by atomic mass is 35.5. The molecule has 0 aliphatic carbocycles. The Balaban J connectivity index is 1.79. The first kappa shape index (κ1) is 17.2. The minimum Gasteiger partial charge on any atom is -0.378 e. The Morgan fingerprint density at radius 2 is 1.75 bits per heavy atom. The van der Waals surface area contributed by atoms with Gasteiger partial charge in [-0.25, -0.2) is 9.97 Å². The fourth-order valence-electron chi connectivity index (χ4n) is 3.72. The van der Waals surface area contributed by atoms with Crippen molar-refractivity contribution in [2.75, 3.05) is 31.2 Å². The van der Waals surface area contributed by atoms with Gasteiger partial charge in [-0.2, -0.15) is 0 Å². The molecule has 2 aromatic carbocycles. The minimum atomic E-state index is 0.697. The summed E-state index contributed by atoms with van der Waals surface area (Å²) in [6, 6.07) is 18.2. The van der Waals surface area contributed by atoms with E-state index in [0.29, 0.717) is 18.2 Å². The van der Waals surface area contributed by atoms with Crippen LogP contribution in [0, 0.1) is 0 Å². The Labute approximate surface area is 168 Å². The topological polar surface area (TPSA) is 43.2 Å². The van der Waals surface area contributed by atoms with E-state index in [1.807, 2.05) is 30.3 Å². The van der Waals surface area contributed by atoms with Crippen molar-refractivity contribution in [1.29, 1.82) is 0 Å². The lowest BCUT2D eigenvalue weighted by molar-refractivity contribution is 0.122. The van der Waals surface area contributed by atoms with E-state index in [1.165, 1.54) is 0 Å². The number of hydrogen-bond donors (Lipinski definition) is 0. The number of anilines is 1. The van der Waals surface area contributed by atoms with Crippen LogP contribution in [0.25, 0.3) is 27.8 Å². The number of benzene rings is 2. The molecule has 1 fully saturated rings. The molecule has 6 heteroatoms. The molecule has 0 unspecified atom stereocenters. The third-order valence-electron chi connectivity index (χ3n) is 5.04. The number of nitrogens with zero attached hydrogens (tertiary/aromatic N) is 4. The van der Waals surface area contributed by atoms with Crippen LogP contribution in [0.2, 0.25) is 5.02 Å². The Bertz CT molecular complexity index is 1120. The van der Waals surface area contributed by atoms with Gasteiger partial charge < -0.3 is 14.2 Å². The van der Waals surface area contributed by atoms with E-state index in [9.17, 15) is 0 Å². The highest BCUT2D eigenvalue weighted by Crippen LogP contribution is 2.37. The summed E-state index contributed by atoms with van der Waals surface area (Å²) in [6.07, 6.45) is 3.77. The van der Waals surface area contributed by atoms with Crippen LogP contribution in [-0.2, 0) is 4.74 Å². The summed E-state index contributed by atoms with van der Waals surface area (Å²) in [5.41, 5.74) is 4.10. The van der Waals surface area contributed by atoms with Gasteiger partial charge in [0, 0.05) is 35.6 Å². The first-order valence-corrected chi connectivity index (χ1v) is 9.69. The maximum absolute atomic E-state index is 6.25. The van der Waals surface area contributed by atoms with E-state index in [2.05, 4.69) is 49.9 Å². The molecule has 0 atom stereocenters. The molecule has 0 bridgehead atoms. The first-order valence-electron chi connectivity index (χ1n) is 9.31. The molecule has 28 heavy (non-hydrogen) atoms. The summed E-state index contributed by atoms with van der Waals surface area (Å²) in [6.45, 7) is 3.06. The average Bonchev–Trinajstić information content (AvgIpc) is 3.15. The number of rotatable bonds is 3. The number of halogens is 1. The second-order valence-electron chi connectivity index (χ2n) is 6.75. The fourth-order valence-corrected chi connectivity index (χ4v) is 3.90. The molecule has 2 aromatic heterocycles. The van der Waals surface area contributed by atoms with Crippen molar-refractivity contribution in [2.45, 2.75) is 0 Å². The van der Waals surface area contributed by atoms with Crippen LogP contribution in [0.5, 0.6) is 0 Å². The van der Waals surface area contributed by atoms with E-state index in [1.54, 1.807) is 6.33 Å². The zero-order chi connectivity index (χ0) is 18.9. The summed E-state index contributed by atoms with van der Waals surface area (Å²) in [7, 11) is 0. The van der Waals surface area contributed by atoms with Crippen LogP contribution in [0.15, 0.2) is 67.1 Å². The van der Waals surface area contributed by atoms with Crippen LogP contribution in [0.3, 0.4) is 0 Å². The smallest absolute Gasteiger partial charge is 0.150 e. The van der Waals surface area contributed by atoms with Crippen molar-refractivity contribution in [2.24, 2.45) is 0 Å². The Morgan fingerprint density at radius 1 is 0.929 bits per heavy atom. The molecule has 3 heterocycles. The zero-order valence-corrected chi connectivity index (χ0v) is 16.0. The first-order chi connectivity index (χ1) is 13.8. The average molecular weight is 391 g/mol. The number of morpholine rings is 1. The van der Waals surface area contributed by atoms with Gasteiger partial charge in [-0.15, -0.1) is 0 Å². The van der Waals surface area contributed by atoms with Gasteiger partial charge in [0.2, 0.25) is 0 Å². The summed E-state index contributed by atoms with van der Waals surface area (Å²) in [4.78, 5) is 11.6. The quantitative estimate of drug-likeness (QED) is 0.513. The second kappa shape index (κ2) is 7.26. The third-order valence-corrected chi connectivity index (χ3v) is 5.28. The Kier molecular flexibility index (Phi) is 4.47. The molecular weight excluding hydrogens is 372 g/mol. The lowest BCUT2D eigenvalue weighted by Gasteiger charge is -2.28. The number of fused-ring (bicyclic) bond motifs is 1. The van der Waals surface area contributed by atoms with Crippen molar-refractivity contribution in [3.05, 3.63) is 72.1 Å². The molecule has 0 radical (unpaired) electrons. The molecule has 1 saturated heterocycles. The molecule has 1 aliphatic rings. The molecular formula is C22H19ClN4O. The van der Waals surface area contributed by atoms with Crippen molar-refractivity contribution >= 4 is 28.5 Å². The number of hydrogen-bond acceptors (Lipinski definition) is 4. The molecule has 5 rings (SSSR count). The van der Waals surface area contributed by atoms with E-state index >= 15 is 0 Å². The van der Waals surface area contributed by atoms with E-state index in [0.717, 1.165) is 46.8 Å². The zero-order valence-electron chi connectivity index (χ0n) is 15.3. The SMILES string of the molecule is Clc1cccc(-n2cc(-c3ccccc3)c3c(N4CCOCC4)ncnc32)c1. The molecule has 0 saturated carbocycles. The van der Waals surface area contributed by atoms with E-state index < -0.39 is 0 Å². The van der Waals surface area contributed by atoms with E-state index in [4.69, 9.17) is 16.3 Å².